The SMILES string of the molecule is CSC1(CNc2cc(C(=O)O)nc3ccccc23)CC1. The maximum Gasteiger partial charge on any atom is 0.354 e. The third kappa shape index (κ3) is 2.45. The summed E-state index contributed by atoms with van der Waals surface area (Å²) in [6.45, 7) is 0.862. The predicted octanol–water partition coefficient (Wildman–Crippen LogP) is 3.24. The monoisotopic (exact) mass is 288 g/mol. The van der Waals surface area contributed by atoms with Crippen LogP contribution in [0.15, 0.2) is 30.3 Å². The van der Waals surface area contributed by atoms with Gasteiger partial charge in [-0.15, -0.1) is 0 Å². The van der Waals surface area contributed by atoms with E-state index in [2.05, 4.69) is 16.6 Å². The van der Waals surface area contributed by atoms with Crippen LogP contribution in [0.25, 0.3) is 10.9 Å². The minimum absolute atomic E-state index is 0.0835. The standard InChI is InChI=1S/C15H16N2O2S/c1-20-15(6-7-15)9-16-12-8-13(14(18)19)17-11-5-3-2-4-10(11)12/h2-5,8H,6-7,9H2,1H3,(H,16,17)(H,18,19). The Morgan fingerprint density at radius 3 is 2.85 bits per heavy atom. The molecule has 0 atom stereocenters. The molecule has 1 aromatic heterocycles. The minimum Gasteiger partial charge on any atom is -0.477 e. The molecule has 0 spiro atoms. The van der Waals surface area contributed by atoms with Gasteiger partial charge in [0.05, 0.1) is 5.52 Å². The average molecular weight is 288 g/mol. The number of nitrogens with one attached hydrogen (secondary N) is 1. The second-order valence-corrected chi connectivity index (χ2v) is 6.39. The molecule has 1 heterocycles. The van der Waals surface area contributed by atoms with Gasteiger partial charge in [-0.2, -0.15) is 11.8 Å². The van der Waals surface area contributed by atoms with Crippen molar-refractivity contribution >= 4 is 34.3 Å². The number of hydrogen-bond acceptors (Lipinski definition) is 4. The predicted molar refractivity (Wildman–Crippen MR) is 82.7 cm³/mol. The number of para-hydroxylation sites is 1. The van der Waals surface area contributed by atoms with Crippen LogP contribution in [-0.2, 0) is 0 Å². The maximum atomic E-state index is 11.2. The van der Waals surface area contributed by atoms with Crippen LogP contribution in [0.2, 0.25) is 0 Å². The van der Waals surface area contributed by atoms with Crippen LogP contribution in [0.4, 0.5) is 5.69 Å². The largest absolute Gasteiger partial charge is 0.477 e. The Bertz CT molecular complexity index is 668. The summed E-state index contributed by atoms with van der Waals surface area (Å²) in [7, 11) is 0. The van der Waals surface area contributed by atoms with Crippen molar-refractivity contribution in [3.8, 4) is 0 Å². The first-order chi connectivity index (χ1) is 9.63. The van der Waals surface area contributed by atoms with Gasteiger partial charge in [-0.3, -0.25) is 0 Å². The molecule has 0 radical (unpaired) electrons. The van der Waals surface area contributed by atoms with Crippen LogP contribution in [0.5, 0.6) is 0 Å². The van der Waals surface area contributed by atoms with Gasteiger partial charge in [0.1, 0.15) is 0 Å². The van der Waals surface area contributed by atoms with Crippen LogP contribution >= 0.6 is 11.8 Å². The van der Waals surface area contributed by atoms with Crippen LogP contribution in [-0.4, -0.2) is 33.6 Å². The number of carboxylic acids is 1. The Morgan fingerprint density at radius 1 is 1.45 bits per heavy atom. The molecule has 0 saturated heterocycles. The lowest BCUT2D eigenvalue weighted by molar-refractivity contribution is 0.0691. The molecule has 104 valence electrons. The van der Waals surface area contributed by atoms with Crippen molar-refractivity contribution in [2.24, 2.45) is 0 Å². The highest BCUT2D eigenvalue weighted by Gasteiger charge is 2.41. The van der Waals surface area contributed by atoms with Crippen LogP contribution in [0.1, 0.15) is 23.3 Å². The van der Waals surface area contributed by atoms with Crippen LogP contribution in [0.3, 0.4) is 0 Å². The van der Waals surface area contributed by atoms with Gasteiger partial charge in [-0.05, 0) is 31.2 Å². The van der Waals surface area contributed by atoms with Gasteiger partial charge in [0.25, 0.3) is 0 Å². The van der Waals surface area contributed by atoms with Crippen LogP contribution < -0.4 is 5.32 Å². The smallest absolute Gasteiger partial charge is 0.354 e. The van der Waals surface area contributed by atoms with E-state index >= 15 is 0 Å². The number of aromatic carboxylic acids is 1. The molecule has 1 aliphatic rings. The normalized spacial score (nSPS) is 16.1. The van der Waals surface area contributed by atoms with Crippen molar-refractivity contribution in [1.82, 2.24) is 4.98 Å². The molecule has 1 aliphatic carbocycles. The molecule has 0 aliphatic heterocycles. The zero-order valence-corrected chi connectivity index (χ0v) is 12.0. The number of carboxylic acid groups (broad SMARTS) is 1. The summed E-state index contributed by atoms with van der Waals surface area (Å²) in [5, 5.41) is 13.5. The third-order valence-corrected chi connectivity index (χ3v) is 5.20. The molecule has 0 bridgehead atoms. The fourth-order valence-electron chi connectivity index (χ4n) is 2.28. The van der Waals surface area contributed by atoms with Gasteiger partial charge in [-0.1, -0.05) is 18.2 Å². The highest BCUT2D eigenvalue weighted by molar-refractivity contribution is 8.00. The van der Waals surface area contributed by atoms with Gasteiger partial charge in [0.15, 0.2) is 5.69 Å². The fourth-order valence-corrected chi connectivity index (χ4v) is 3.01. The number of benzene rings is 1. The molecule has 0 amide bonds. The fraction of sp³-hybridized carbons (Fsp3) is 0.333. The van der Waals surface area contributed by atoms with E-state index in [0.29, 0.717) is 10.3 Å². The van der Waals surface area contributed by atoms with E-state index in [1.165, 1.54) is 12.8 Å². The van der Waals surface area contributed by atoms with Gasteiger partial charge < -0.3 is 10.4 Å². The van der Waals surface area contributed by atoms with Gasteiger partial charge in [-0.25, -0.2) is 9.78 Å². The summed E-state index contributed by atoms with van der Waals surface area (Å²) in [6, 6.07) is 9.25. The first kappa shape index (κ1) is 13.2. The van der Waals surface area contributed by atoms with Crippen molar-refractivity contribution in [3.63, 3.8) is 0 Å². The summed E-state index contributed by atoms with van der Waals surface area (Å²) in [4.78, 5) is 15.3. The summed E-state index contributed by atoms with van der Waals surface area (Å²) in [6.07, 6.45) is 4.56. The van der Waals surface area contributed by atoms with Crippen molar-refractivity contribution in [1.29, 1.82) is 0 Å². The molecule has 2 aromatic rings. The number of thioether (sulfide) groups is 1. The third-order valence-electron chi connectivity index (χ3n) is 3.78. The number of pyridine rings is 1. The molecule has 1 fully saturated rings. The molecular weight excluding hydrogens is 272 g/mol. The van der Waals surface area contributed by atoms with Crippen molar-refractivity contribution in [3.05, 3.63) is 36.0 Å². The molecule has 20 heavy (non-hydrogen) atoms. The quantitative estimate of drug-likeness (QED) is 0.884. The Hall–Kier alpha value is -1.75. The van der Waals surface area contributed by atoms with Crippen LogP contribution in [0, 0.1) is 0 Å². The molecule has 2 N–H and O–H groups in total. The van der Waals surface area contributed by atoms with E-state index in [1.807, 2.05) is 36.0 Å². The Balaban J connectivity index is 1.97. The van der Waals surface area contributed by atoms with Gasteiger partial charge in [0.2, 0.25) is 0 Å². The lowest BCUT2D eigenvalue weighted by atomic mass is 10.1. The van der Waals surface area contributed by atoms with E-state index in [4.69, 9.17) is 5.11 Å². The maximum absolute atomic E-state index is 11.2. The second-order valence-electron chi connectivity index (χ2n) is 5.12. The zero-order valence-electron chi connectivity index (χ0n) is 11.2. The summed E-state index contributed by atoms with van der Waals surface area (Å²) in [5.41, 5.74) is 1.65. The van der Waals surface area contributed by atoms with E-state index in [9.17, 15) is 4.79 Å². The molecule has 0 unspecified atom stereocenters. The van der Waals surface area contributed by atoms with Gasteiger partial charge >= 0.3 is 5.97 Å². The number of rotatable bonds is 5. The van der Waals surface area contributed by atoms with E-state index in [1.54, 1.807) is 6.07 Å². The van der Waals surface area contributed by atoms with E-state index < -0.39 is 5.97 Å². The van der Waals surface area contributed by atoms with E-state index in [-0.39, 0.29) is 5.69 Å². The van der Waals surface area contributed by atoms with Crippen molar-refractivity contribution < 1.29 is 9.90 Å². The van der Waals surface area contributed by atoms with Gasteiger partial charge in [0, 0.05) is 22.4 Å². The molecule has 5 heteroatoms. The second kappa shape index (κ2) is 4.98. The first-order valence-corrected chi connectivity index (χ1v) is 7.78. The molecule has 1 saturated carbocycles. The lowest BCUT2D eigenvalue weighted by Crippen LogP contribution is -2.18. The summed E-state index contributed by atoms with van der Waals surface area (Å²) < 4.78 is 0.327. The minimum atomic E-state index is -0.996. The number of hydrogen-bond donors (Lipinski definition) is 2. The molecular formula is C15H16N2O2S. The first-order valence-electron chi connectivity index (χ1n) is 6.56. The number of carbonyl (C=O) groups is 1. The topological polar surface area (TPSA) is 62.2 Å². The Labute approximate surface area is 121 Å². The molecule has 3 rings (SSSR count). The van der Waals surface area contributed by atoms with E-state index in [0.717, 1.165) is 17.6 Å². The highest BCUT2D eigenvalue weighted by Crippen LogP contribution is 2.47. The van der Waals surface area contributed by atoms with Crippen molar-refractivity contribution in [2.75, 3.05) is 18.1 Å². The molecule has 4 nitrogen and oxygen atoms in total. The lowest BCUT2D eigenvalue weighted by Gasteiger charge is -2.16. The summed E-state index contributed by atoms with van der Waals surface area (Å²) in [5.74, 6) is -0.996. The number of nitrogens with zero attached hydrogens (tertiary/aromatic N) is 1. The number of fused-ring (bicyclic) bond motifs is 1. The summed E-state index contributed by atoms with van der Waals surface area (Å²) >= 11 is 1.88. The Kier molecular flexibility index (Phi) is 3.30. The van der Waals surface area contributed by atoms with Crippen molar-refractivity contribution in [2.45, 2.75) is 17.6 Å². The average Bonchev–Trinajstić information content (AvgIpc) is 3.25. The number of anilines is 1. The number of aromatic nitrogens is 1. The zero-order chi connectivity index (χ0) is 14.2. The highest BCUT2D eigenvalue weighted by atomic mass is 32.2. The Morgan fingerprint density at radius 2 is 2.20 bits per heavy atom. The molecule has 1 aromatic carbocycles.